The Bertz CT molecular complexity index is 1100. The second kappa shape index (κ2) is 9.38. The van der Waals surface area contributed by atoms with Gasteiger partial charge in [-0.3, -0.25) is 0 Å². The summed E-state index contributed by atoms with van der Waals surface area (Å²) in [4.78, 5) is 11.7. The van der Waals surface area contributed by atoms with Gasteiger partial charge in [-0.15, -0.1) is 0 Å². The molecule has 3 heterocycles. The molecular weight excluding hydrogens is 422 g/mol. The summed E-state index contributed by atoms with van der Waals surface area (Å²) in [6.45, 7) is 10.9. The third-order valence-electron chi connectivity index (χ3n) is 7.71. The molecule has 2 aliphatic heterocycles. The molecule has 0 unspecified atom stereocenters. The molecule has 2 fully saturated rings. The summed E-state index contributed by atoms with van der Waals surface area (Å²) in [7, 11) is 0. The standard InChI is InChI=1S/C29H35N3O2/c1-22-4-6-23(7-5-22)28(2,3)24-8-10-26(11-9-24)34-20-25-12-16-30-27(31-25)32-17-13-29(21-32)14-18-33-19-15-29/h4-12,16H,13-15,17-21H2,1-3H3. The number of rotatable bonds is 6. The molecule has 34 heavy (non-hydrogen) atoms. The molecule has 2 aliphatic rings. The van der Waals surface area contributed by atoms with Crippen LogP contribution in [0.2, 0.25) is 0 Å². The summed E-state index contributed by atoms with van der Waals surface area (Å²) in [6.07, 6.45) is 5.33. The highest BCUT2D eigenvalue weighted by atomic mass is 16.5. The molecule has 178 valence electrons. The fraction of sp³-hybridized carbons (Fsp3) is 0.448. The molecule has 2 aromatic carbocycles. The van der Waals surface area contributed by atoms with Crippen molar-refractivity contribution in [2.45, 2.75) is 52.1 Å². The van der Waals surface area contributed by atoms with Crippen LogP contribution in [0.15, 0.2) is 60.8 Å². The summed E-state index contributed by atoms with van der Waals surface area (Å²) < 4.78 is 11.7. The number of hydrogen-bond donors (Lipinski definition) is 0. The minimum Gasteiger partial charge on any atom is -0.487 e. The number of benzene rings is 2. The molecule has 0 atom stereocenters. The molecular formula is C29H35N3O2. The van der Waals surface area contributed by atoms with Crippen LogP contribution in [-0.4, -0.2) is 36.3 Å². The topological polar surface area (TPSA) is 47.5 Å². The van der Waals surface area contributed by atoms with Gasteiger partial charge in [0.2, 0.25) is 5.95 Å². The van der Waals surface area contributed by atoms with Crippen LogP contribution >= 0.6 is 0 Å². The van der Waals surface area contributed by atoms with E-state index in [-0.39, 0.29) is 5.41 Å². The van der Waals surface area contributed by atoms with Gasteiger partial charge in [0.25, 0.3) is 0 Å². The minimum absolute atomic E-state index is 0.0642. The monoisotopic (exact) mass is 457 g/mol. The van der Waals surface area contributed by atoms with Crippen molar-refractivity contribution < 1.29 is 9.47 Å². The van der Waals surface area contributed by atoms with Crippen LogP contribution < -0.4 is 9.64 Å². The lowest BCUT2D eigenvalue weighted by molar-refractivity contribution is 0.0254. The summed E-state index contributed by atoms with van der Waals surface area (Å²) in [6, 6.07) is 19.2. The van der Waals surface area contributed by atoms with Crippen molar-refractivity contribution in [2.24, 2.45) is 5.41 Å². The van der Waals surface area contributed by atoms with Crippen molar-refractivity contribution in [1.29, 1.82) is 0 Å². The van der Waals surface area contributed by atoms with Gasteiger partial charge in [-0.25, -0.2) is 9.97 Å². The molecule has 0 bridgehead atoms. The number of aryl methyl sites for hydroxylation is 1. The number of nitrogens with zero attached hydrogens (tertiary/aromatic N) is 3. The lowest BCUT2D eigenvalue weighted by Crippen LogP contribution is -2.33. The summed E-state index contributed by atoms with van der Waals surface area (Å²) >= 11 is 0. The summed E-state index contributed by atoms with van der Waals surface area (Å²) in [5, 5.41) is 0. The fourth-order valence-corrected chi connectivity index (χ4v) is 5.20. The molecule has 0 radical (unpaired) electrons. The Labute approximate surface area is 203 Å². The molecule has 0 aliphatic carbocycles. The molecule has 1 spiro atoms. The van der Waals surface area contributed by atoms with Crippen LogP contribution in [0.4, 0.5) is 5.95 Å². The van der Waals surface area contributed by atoms with E-state index in [1.54, 1.807) is 0 Å². The second-order valence-corrected chi connectivity index (χ2v) is 10.4. The van der Waals surface area contributed by atoms with Crippen LogP contribution in [0.25, 0.3) is 0 Å². The first kappa shape index (κ1) is 22.9. The fourth-order valence-electron chi connectivity index (χ4n) is 5.20. The smallest absolute Gasteiger partial charge is 0.225 e. The molecule has 0 amide bonds. The molecule has 2 saturated heterocycles. The van der Waals surface area contributed by atoms with Crippen LogP contribution in [0.1, 0.15) is 55.5 Å². The number of anilines is 1. The Morgan fingerprint density at radius 3 is 2.32 bits per heavy atom. The second-order valence-electron chi connectivity index (χ2n) is 10.4. The van der Waals surface area contributed by atoms with Gasteiger partial charge in [-0.2, -0.15) is 0 Å². The largest absolute Gasteiger partial charge is 0.487 e. The summed E-state index contributed by atoms with van der Waals surface area (Å²) in [5.74, 6) is 1.67. The lowest BCUT2D eigenvalue weighted by atomic mass is 9.78. The highest BCUT2D eigenvalue weighted by Crippen LogP contribution is 2.40. The maximum Gasteiger partial charge on any atom is 0.225 e. The average Bonchev–Trinajstić information content (AvgIpc) is 3.27. The summed E-state index contributed by atoms with van der Waals surface area (Å²) in [5.41, 5.74) is 5.08. The van der Waals surface area contributed by atoms with E-state index < -0.39 is 0 Å². The first-order valence-electron chi connectivity index (χ1n) is 12.4. The Hall–Kier alpha value is -2.92. The van der Waals surface area contributed by atoms with Crippen LogP contribution in [0, 0.1) is 12.3 Å². The Balaban J connectivity index is 1.21. The minimum atomic E-state index is -0.0642. The molecule has 1 aromatic heterocycles. The number of hydrogen-bond acceptors (Lipinski definition) is 5. The number of ether oxygens (including phenoxy) is 2. The maximum atomic E-state index is 6.08. The molecule has 0 N–H and O–H groups in total. The van der Waals surface area contributed by atoms with Gasteiger partial charge in [0.05, 0.1) is 5.69 Å². The van der Waals surface area contributed by atoms with Gasteiger partial charge >= 0.3 is 0 Å². The zero-order valence-corrected chi connectivity index (χ0v) is 20.6. The van der Waals surface area contributed by atoms with Crippen molar-refractivity contribution in [3.05, 3.63) is 83.2 Å². The predicted octanol–water partition coefficient (Wildman–Crippen LogP) is 5.70. The van der Waals surface area contributed by atoms with E-state index in [0.717, 1.165) is 56.5 Å². The van der Waals surface area contributed by atoms with E-state index in [1.165, 1.54) is 23.1 Å². The van der Waals surface area contributed by atoms with Gasteiger partial charge < -0.3 is 14.4 Å². The van der Waals surface area contributed by atoms with Crippen molar-refractivity contribution in [3.8, 4) is 5.75 Å². The third-order valence-corrected chi connectivity index (χ3v) is 7.71. The Kier molecular flexibility index (Phi) is 6.30. The number of aromatic nitrogens is 2. The lowest BCUT2D eigenvalue weighted by Gasteiger charge is -2.33. The average molecular weight is 458 g/mol. The molecule has 5 nitrogen and oxygen atoms in total. The van der Waals surface area contributed by atoms with Crippen LogP contribution in [0.5, 0.6) is 5.75 Å². The maximum absolute atomic E-state index is 6.08. The van der Waals surface area contributed by atoms with Gasteiger partial charge in [0.15, 0.2) is 0 Å². The molecule has 5 heteroatoms. The SMILES string of the molecule is Cc1ccc(C(C)(C)c2ccc(OCc3ccnc(N4CCC5(CCOCC5)C4)n3)cc2)cc1. The van der Waals surface area contributed by atoms with Crippen molar-refractivity contribution in [3.63, 3.8) is 0 Å². The first-order chi connectivity index (χ1) is 16.4. The Morgan fingerprint density at radius 1 is 0.941 bits per heavy atom. The van der Waals surface area contributed by atoms with E-state index in [4.69, 9.17) is 14.5 Å². The third kappa shape index (κ3) is 4.80. The zero-order valence-electron chi connectivity index (χ0n) is 20.6. The van der Waals surface area contributed by atoms with E-state index >= 15 is 0 Å². The van der Waals surface area contributed by atoms with Gasteiger partial charge in [-0.1, -0.05) is 55.8 Å². The van der Waals surface area contributed by atoms with E-state index in [2.05, 4.69) is 79.2 Å². The van der Waals surface area contributed by atoms with Crippen molar-refractivity contribution in [2.75, 3.05) is 31.2 Å². The normalized spacial score (nSPS) is 17.8. The van der Waals surface area contributed by atoms with Crippen LogP contribution in [0.3, 0.4) is 0 Å². The first-order valence-corrected chi connectivity index (χ1v) is 12.4. The molecule has 0 saturated carbocycles. The van der Waals surface area contributed by atoms with E-state index in [0.29, 0.717) is 12.0 Å². The Morgan fingerprint density at radius 2 is 1.62 bits per heavy atom. The van der Waals surface area contributed by atoms with Gasteiger partial charge in [0, 0.05) is 37.9 Å². The van der Waals surface area contributed by atoms with E-state index in [1.807, 2.05) is 12.3 Å². The highest BCUT2D eigenvalue weighted by Gasteiger charge is 2.40. The van der Waals surface area contributed by atoms with Gasteiger partial charge in [0.1, 0.15) is 12.4 Å². The highest BCUT2D eigenvalue weighted by molar-refractivity contribution is 5.41. The van der Waals surface area contributed by atoms with Crippen molar-refractivity contribution in [1.82, 2.24) is 9.97 Å². The molecule has 5 rings (SSSR count). The zero-order chi connectivity index (χ0) is 23.6. The quantitative estimate of drug-likeness (QED) is 0.475. The van der Waals surface area contributed by atoms with E-state index in [9.17, 15) is 0 Å². The predicted molar refractivity (Wildman–Crippen MR) is 135 cm³/mol. The van der Waals surface area contributed by atoms with Gasteiger partial charge in [-0.05, 0) is 60.9 Å². The van der Waals surface area contributed by atoms with Crippen molar-refractivity contribution >= 4 is 5.95 Å². The van der Waals surface area contributed by atoms with Crippen LogP contribution in [-0.2, 0) is 16.8 Å². The molecule has 3 aromatic rings.